The molecular weight excluding hydrogens is 282 g/mol. The first-order chi connectivity index (χ1) is 10.6. The summed E-state index contributed by atoms with van der Waals surface area (Å²) in [5.41, 5.74) is 1.83. The van der Waals surface area contributed by atoms with Gasteiger partial charge in [-0.1, -0.05) is 18.2 Å². The Morgan fingerprint density at radius 3 is 2.59 bits per heavy atom. The van der Waals surface area contributed by atoms with Gasteiger partial charge in [-0.25, -0.2) is 9.59 Å². The molecule has 120 valence electrons. The Morgan fingerprint density at radius 2 is 1.95 bits per heavy atom. The molecule has 0 bridgehead atoms. The number of piperidine rings is 1. The van der Waals surface area contributed by atoms with Crippen LogP contribution in [0.3, 0.4) is 0 Å². The van der Waals surface area contributed by atoms with Gasteiger partial charge in [-0.15, -0.1) is 0 Å². The van der Waals surface area contributed by atoms with E-state index in [1.54, 1.807) is 11.8 Å². The average molecular weight is 305 g/mol. The summed E-state index contributed by atoms with van der Waals surface area (Å²) in [7, 11) is 0. The van der Waals surface area contributed by atoms with E-state index in [1.165, 1.54) is 0 Å². The van der Waals surface area contributed by atoms with Crippen LogP contribution < -0.4 is 10.6 Å². The SMILES string of the molecule is CCOC(=O)N1CCC(NC(=O)Nc2ccccc2C)CC1. The lowest BCUT2D eigenvalue weighted by Gasteiger charge is -2.31. The zero-order chi connectivity index (χ0) is 15.9. The lowest BCUT2D eigenvalue weighted by atomic mass is 10.1. The number of hydrogen-bond donors (Lipinski definition) is 2. The summed E-state index contributed by atoms with van der Waals surface area (Å²) in [5.74, 6) is 0. The summed E-state index contributed by atoms with van der Waals surface area (Å²) in [6.07, 6.45) is 1.20. The van der Waals surface area contributed by atoms with Gasteiger partial charge in [0.05, 0.1) is 6.61 Å². The summed E-state index contributed by atoms with van der Waals surface area (Å²) in [5, 5.41) is 5.81. The number of nitrogens with zero attached hydrogens (tertiary/aromatic N) is 1. The first-order valence-electron chi connectivity index (χ1n) is 7.65. The monoisotopic (exact) mass is 305 g/mol. The number of para-hydroxylation sites is 1. The minimum absolute atomic E-state index is 0.0784. The molecule has 1 aromatic rings. The zero-order valence-corrected chi connectivity index (χ0v) is 13.1. The summed E-state index contributed by atoms with van der Waals surface area (Å²) in [6, 6.07) is 7.52. The molecule has 0 aliphatic carbocycles. The Balaban J connectivity index is 1.77. The third-order valence-corrected chi connectivity index (χ3v) is 3.75. The van der Waals surface area contributed by atoms with E-state index in [4.69, 9.17) is 4.74 Å². The second-order valence-corrected chi connectivity index (χ2v) is 5.37. The number of nitrogens with one attached hydrogen (secondary N) is 2. The molecular formula is C16H23N3O3. The van der Waals surface area contributed by atoms with Crippen LogP contribution in [-0.4, -0.2) is 42.8 Å². The van der Waals surface area contributed by atoms with Crippen molar-refractivity contribution in [2.75, 3.05) is 25.0 Å². The largest absolute Gasteiger partial charge is 0.450 e. The molecule has 1 aliphatic rings. The molecule has 0 radical (unpaired) electrons. The number of ether oxygens (including phenoxy) is 1. The van der Waals surface area contributed by atoms with E-state index in [0.29, 0.717) is 19.7 Å². The van der Waals surface area contributed by atoms with Crippen molar-refractivity contribution >= 4 is 17.8 Å². The minimum atomic E-state index is -0.273. The van der Waals surface area contributed by atoms with Crippen LogP contribution in [0.4, 0.5) is 15.3 Å². The van der Waals surface area contributed by atoms with Crippen molar-refractivity contribution in [2.24, 2.45) is 0 Å². The Morgan fingerprint density at radius 1 is 1.27 bits per heavy atom. The van der Waals surface area contributed by atoms with Crippen LogP contribution in [0.5, 0.6) is 0 Å². The van der Waals surface area contributed by atoms with E-state index in [9.17, 15) is 9.59 Å². The molecule has 0 atom stereocenters. The number of anilines is 1. The molecule has 6 nitrogen and oxygen atoms in total. The molecule has 3 amide bonds. The molecule has 1 fully saturated rings. The predicted octanol–water partition coefficient (Wildman–Crippen LogP) is 2.74. The van der Waals surface area contributed by atoms with Gasteiger partial charge in [0, 0.05) is 24.8 Å². The quantitative estimate of drug-likeness (QED) is 0.902. The molecule has 1 aromatic carbocycles. The standard InChI is InChI=1S/C16H23N3O3/c1-3-22-16(21)19-10-8-13(9-11-19)17-15(20)18-14-7-5-4-6-12(14)2/h4-7,13H,3,8-11H2,1-2H3,(H2,17,18,20). The highest BCUT2D eigenvalue weighted by molar-refractivity contribution is 5.90. The van der Waals surface area contributed by atoms with E-state index in [2.05, 4.69) is 10.6 Å². The van der Waals surface area contributed by atoms with Crippen LogP contribution in [-0.2, 0) is 4.74 Å². The molecule has 2 N–H and O–H groups in total. The van der Waals surface area contributed by atoms with Gasteiger partial charge in [-0.2, -0.15) is 0 Å². The van der Waals surface area contributed by atoms with Gasteiger partial charge in [-0.05, 0) is 38.3 Å². The number of carbonyl (C=O) groups is 2. The van der Waals surface area contributed by atoms with E-state index < -0.39 is 0 Å². The number of likely N-dealkylation sites (tertiary alicyclic amines) is 1. The van der Waals surface area contributed by atoms with Crippen molar-refractivity contribution in [3.63, 3.8) is 0 Å². The molecule has 0 aromatic heterocycles. The third-order valence-electron chi connectivity index (χ3n) is 3.75. The molecule has 1 saturated heterocycles. The number of urea groups is 1. The van der Waals surface area contributed by atoms with E-state index in [1.807, 2.05) is 31.2 Å². The highest BCUT2D eigenvalue weighted by Crippen LogP contribution is 2.14. The number of carbonyl (C=O) groups excluding carboxylic acids is 2. The van der Waals surface area contributed by atoms with E-state index >= 15 is 0 Å². The molecule has 22 heavy (non-hydrogen) atoms. The maximum atomic E-state index is 12.0. The number of aryl methyl sites for hydroxylation is 1. The second-order valence-electron chi connectivity index (χ2n) is 5.37. The first kappa shape index (κ1) is 16.1. The van der Waals surface area contributed by atoms with E-state index in [0.717, 1.165) is 24.1 Å². The number of rotatable bonds is 3. The molecule has 0 unspecified atom stereocenters. The highest BCUT2D eigenvalue weighted by Gasteiger charge is 2.24. The smallest absolute Gasteiger partial charge is 0.409 e. The van der Waals surface area contributed by atoms with Crippen molar-refractivity contribution < 1.29 is 14.3 Å². The second kappa shape index (κ2) is 7.68. The van der Waals surface area contributed by atoms with Crippen molar-refractivity contribution in [1.82, 2.24) is 10.2 Å². The maximum Gasteiger partial charge on any atom is 0.409 e. The van der Waals surface area contributed by atoms with Crippen molar-refractivity contribution in [1.29, 1.82) is 0 Å². The fraction of sp³-hybridized carbons (Fsp3) is 0.500. The fourth-order valence-corrected chi connectivity index (χ4v) is 2.48. The van der Waals surface area contributed by atoms with Crippen LogP contribution in [0, 0.1) is 6.92 Å². The van der Waals surface area contributed by atoms with Gasteiger partial charge in [0.2, 0.25) is 0 Å². The topological polar surface area (TPSA) is 70.7 Å². The summed E-state index contributed by atoms with van der Waals surface area (Å²) >= 11 is 0. The van der Waals surface area contributed by atoms with Crippen LogP contribution in [0.25, 0.3) is 0 Å². The normalized spacial score (nSPS) is 15.3. The Kier molecular flexibility index (Phi) is 5.63. The van der Waals surface area contributed by atoms with Gasteiger partial charge in [0.1, 0.15) is 0 Å². The molecule has 6 heteroatoms. The Hall–Kier alpha value is -2.24. The van der Waals surface area contributed by atoms with Gasteiger partial charge in [0.15, 0.2) is 0 Å². The summed E-state index contributed by atoms with van der Waals surface area (Å²) in [6.45, 7) is 5.34. The van der Waals surface area contributed by atoms with Gasteiger partial charge in [0.25, 0.3) is 0 Å². The molecule has 0 spiro atoms. The lowest BCUT2D eigenvalue weighted by molar-refractivity contribution is 0.0959. The number of hydrogen-bond acceptors (Lipinski definition) is 3. The van der Waals surface area contributed by atoms with Crippen LogP contribution in [0.15, 0.2) is 24.3 Å². The highest BCUT2D eigenvalue weighted by atomic mass is 16.6. The molecule has 1 aliphatic heterocycles. The van der Waals surface area contributed by atoms with Crippen molar-refractivity contribution in [3.05, 3.63) is 29.8 Å². The van der Waals surface area contributed by atoms with Gasteiger partial charge < -0.3 is 20.3 Å². The minimum Gasteiger partial charge on any atom is -0.450 e. The average Bonchev–Trinajstić information content (AvgIpc) is 2.50. The van der Waals surface area contributed by atoms with Crippen LogP contribution >= 0.6 is 0 Å². The van der Waals surface area contributed by atoms with Crippen LogP contribution in [0.1, 0.15) is 25.3 Å². The fourth-order valence-electron chi connectivity index (χ4n) is 2.48. The summed E-state index contributed by atoms with van der Waals surface area (Å²) < 4.78 is 4.98. The van der Waals surface area contributed by atoms with Gasteiger partial charge >= 0.3 is 12.1 Å². The Labute approximate surface area is 130 Å². The third kappa shape index (κ3) is 4.38. The van der Waals surface area contributed by atoms with Crippen molar-refractivity contribution in [3.8, 4) is 0 Å². The van der Waals surface area contributed by atoms with Crippen LogP contribution in [0.2, 0.25) is 0 Å². The molecule has 2 rings (SSSR count). The van der Waals surface area contributed by atoms with Gasteiger partial charge in [-0.3, -0.25) is 0 Å². The predicted molar refractivity (Wildman–Crippen MR) is 85.0 cm³/mol. The number of amides is 3. The molecule has 0 saturated carbocycles. The Bertz CT molecular complexity index is 525. The molecule has 1 heterocycles. The maximum absolute atomic E-state index is 12.0. The first-order valence-corrected chi connectivity index (χ1v) is 7.65. The summed E-state index contributed by atoms with van der Waals surface area (Å²) in [4.78, 5) is 25.3. The zero-order valence-electron chi connectivity index (χ0n) is 13.1. The van der Waals surface area contributed by atoms with E-state index in [-0.39, 0.29) is 18.2 Å². The lowest BCUT2D eigenvalue weighted by Crippen LogP contribution is -2.47. The number of benzene rings is 1. The van der Waals surface area contributed by atoms with Crippen molar-refractivity contribution in [2.45, 2.75) is 32.7 Å².